The zero-order chi connectivity index (χ0) is 18.5. The molecule has 0 aliphatic heterocycles. The molecule has 0 amide bonds. The molecule has 0 spiro atoms. The standard InChI is InChI=1S/C22H20N2OS/c1-15(2)17-9-7-16(8-10-17)11-19(13-23)22-24-21(14-26-22)18-5-4-6-20(12-18)25-3/h4-12,14-15H,1-3H3. The lowest BCUT2D eigenvalue weighted by Gasteiger charge is -2.05. The first-order valence-electron chi connectivity index (χ1n) is 8.43. The summed E-state index contributed by atoms with van der Waals surface area (Å²) in [5.41, 5.74) is 4.69. The van der Waals surface area contributed by atoms with E-state index in [1.54, 1.807) is 7.11 Å². The fourth-order valence-corrected chi connectivity index (χ4v) is 3.39. The molecule has 0 aliphatic rings. The first-order valence-corrected chi connectivity index (χ1v) is 9.30. The molecule has 3 nitrogen and oxygen atoms in total. The Hall–Kier alpha value is -2.90. The van der Waals surface area contributed by atoms with Gasteiger partial charge in [0.15, 0.2) is 0 Å². The molecule has 3 aromatic rings. The van der Waals surface area contributed by atoms with Crippen molar-refractivity contribution >= 4 is 23.0 Å². The second-order valence-corrected chi connectivity index (χ2v) is 7.12. The van der Waals surface area contributed by atoms with E-state index >= 15 is 0 Å². The summed E-state index contributed by atoms with van der Waals surface area (Å²) >= 11 is 1.48. The fraction of sp³-hybridized carbons (Fsp3) is 0.182. The molecule has 26 heavy (non-hydrogen) atoms. The minimum Gasteiger partial charge on any atom is -0.497 e. The Morgan fingerprint density at radius 2 is 1.96 bits per heavy atom. The fourth-order valence-electron chi connectivity index (χ4n) is 2.60. The Labute approximate surface area is 158 Å². The normalized spacial score (nSPS) is 11.4. The highest BCUT2D eigenvalue weighted by molar-refractivity contribution is 7.11. The first kappa shape index (κ1) is 17.9. The van der Waals surface area contributed by atoms with Crippen LogP contribution in [0.4, 0.5) is 0 Å². The number of hydrogen-bond acceptors (Lipinski definition) is 4. The Morgan fingerprint density at radius 3 is 2.62 bits per heavy atom. The van der Waals surface area contributed by atoms with E-state index in [-0.39, 0.29) is 0 Å². The van der Waals surface area contributed by atoms with E-state index in [1.807, 2.05) is 47.9 Å². The molecule has 0 unspecified atom stereocenters. The molecule has 0 saturated heterocycles. The number of allylic oxidation sites excluding steroid dienone is 1. The van der Waals surface area contributed by atoms with Gasteiger partial charge >= 0.3 is 0 Å². The third kappa shape index (κ3) is 4.01. The molecule has 1 heterocycles. The van der Waals surface area contributed by atoms with Gasteiger partial charge in [-0.3, -0.25) is 0 Å². The average molecular weight is 360 g/mol. The second-order valence-electron chi connectivity index (χ2n) is 6.26. The van der Waals surface area contributed by atoms with Crippen molar-refractivity contribution in [2.45, 2.75) is 19.8 Å². The number of nitriles is 1. The molecule has 0 radical (unpaired) electrons. The lowest BCUT2D eigenvalue weighted by molar-refractivity contribution is 0.415. The zero-order valence-corrected chi connectivity index (χ0v) is 15.9. The SMILES string of the molecule is COc1cccc(-c2csc(C(C#N)=Cc3ccc(C(C)C)cc3)n2)c1. The molecule has 0 fully saturated rings. The van der Waals surface area contributed by atoms with Crippen LogP contribution in [-0.2, 0) is 0 Å². The van der Waals surface area contributed by atoms with Crippen molar-refractivity contribution in [2.24, 2.45) is 0 Å². The molecule has 4 heteroatoms. The van der Waals surface area contributed by atoms with Gasteiger partial charge in [-0.1, -0.05) is 50.2 Å². The van der Waals surface area contributed by atoms with Crippen molar-refractivity contribution in [3.8, 4) is 23.1 Å². The predicted octanol–water partition coefficient (Wildman–Crippen LogP) is 6.01. The molecular formula is C22H20N2OS. The van der Waals surface area contributed by atoms with Crippen LogP contribution in [0.2, 0.25) is 0 Å². The molecule has 1 aromatic heterocycles. The van der Waals surface area contributed by atoms with Crippen molar-refractivity contribution in [3.05, 3.63) is 70.0 Å². The highest BCUT2D eigenvalue weighted by Crippen LogP contribution is 2.29. The van der Waals surface area contributed by atoms with Crippen molar-refractivity contribution in [1.82, 2.24) is 4.98 Å². The van der Waals surface area contributed by atoms with Crippen LogP contribution in [0.5, 0.6) is 5.75 Å². The summed E-state index contributed by atoms with van der Waals surface area (Å²) in [5, 5.41) is 12.3. The summed E-state index contributed by atoms with van der Waals surface area (Å²) in [7, 11) is 1.65. The molecule has 0 N–H and O–H groups in total. The number of thiazole rings is 1. The van der Waals surface area contributed by atoms with E-state index in [0.717, 1.165) is 27.6 Å². The van der Waals surface area contributed by atoms with Crippen LogP contribution in [0.3, 0.4) is 0 Å². The largest absolute Gasteiger partial charge is 0.497 e. The Kier molecular flexibility index (Phi) is 5.50. The van der Waals surface area contributed by atoms with Gasteiger partial charge in [-0.25, -0.2) is 4.98 Å². The molecule has 0 aliphatic carbocycles. The van der Waals surface area contributed by atoms with Crippen LogP contribution in [0.25, 0.3) is 22.9 Å². The summed E-state index contributed by atoms with van der Waals surface area (Å²) < 4.78 is 5.27. The van der Waals surface area contributed by atoms with Gasteiger partial charge in [0.2, 0.25) is 0 Å². The number of ether oxygens (including phenoxy) is 1. The van der Waals surface area contributed by atoms with Crippen LogP contribution in [0.15, 0.2) is 53.9 Å². The smallest absolute Gasteiger partial charge is 0.134 e. The lowest BCUT2D eigenvalue weighted by atomic mass is 10.0. The van der Waals surface area contributed by atoms with Gasteiger partial charge in [0.05, 0.1) is 18.4 Å². The first-order chi connectivity index (χ1) is 12.6. The minimum atomic E-state index is 0.493. The third-order valence-corrected chi connectivity index (χ3v) is 5.01. The summed E-state index contributed by atoms with van der Waals surface area (Å²) in [6.07, 6.45) is 1.89. The molecule has 130 valence electrons. The zero-order valence-electron chi connectivity index (χ0n) is 15.1. The number of hydrogen-bond donors (Lipinski definition) is 0. The van der Waals surface area contributed by atoms with Crippen molar-refractivity contribution < 1.29 is 4.74 Å². The summed E-state index contributed by atoms with van der Waals surface area (Å²) in [6, 6.07) is 18.3. The van der Waals surface area contributed by atoms with Crippen LogP contribution < -0.4 is 4.74 Å². The van der Waals surface area contributed by atoms with E-state index in [1.165, 1.54) is 16.9 Å². The van der Waals surface area contributed by atoms with Crippen LogP contribution >= 0.6 is 11.3 Å². The third-order valence-electron chi connectivity index (χ3n) is 4.13. The maximum Gasteiger partial charge on any atom is 0.134 e. The van der Waals surface area contributed by atoms with Gasteiger partial charge in [-0.15, -0.1) is 11.3 Å². The Bertz CT molecular complexity index is 962. The number of benzene rings is 2. The van der Waals surface area contributed by atoms with E-state index in [9.17, 15) is 5.26 Å². The van der Waals surface area contributed by atoms with E-state index in [2.05, 4.69) is 37.0 Å². The van der Waals surface area contributed by atoms with Gasteiger partial charge in [0.25, 0.3) is 0 Å². The van der Waals surface area contributed by atoms with Gasteiger partial charge in [-0.2, -0.15) is 5.26 Å². The quantitative estimate of drug-likeness (QED) is 0.524. The molecule has 0 bridgehead atoms. The highest BCUT2D eigenvalue weighted by atomic mass is 32.1. The van der Waals surface area contributed by atoms with Crippen molar-refractivity contribution in [2.75, 3.05) is 7.11 Å². The Balaban J connectivity index is 1.89. The van der Waals surface area contributed by atoms with Gasteiger partial charge in [0.1, 0.15) is 16.8 Å². The lowest BCUT2D eigenvalue weighted by Crippen LogP contribution is -1.87. The van der Waals surface area contributed by atoms with E-state index in [4.69, 9.17) is 4.74 Å². The van der Waals surface area contributed by atoms with Crippen molar-refractivity contribution in [3.63, 3.8) is 0 Å². The van der Waals surface area contributed by atoms with Crippen LogP contribution in [0.1, 0.15) is 35.9 Å². The number of aromatic nitrogens is 1. The number of nitrogens with zero attached hydrogens (tertiary/aromatic N) is 2. The predicted molar refractivity (Wildman–Crippen MR) is 108 cm³/mol. The van der Waals surface area contributed by atoms with Crippen molar-refractivity contribution in [1.29, 1.82) is 5.26 Å². The number of rotatable bonds is 5. The minimum absolute atomic E-state index is 0.493. The molecular weight excluding hydrogens is 340 g/mol. The average Bonchev–Trinajstić information content (AvgIpc) is 3.16. The molecule has 3 rings (SSSR count). The van der Waals surface area contributed by atoms with Gasteiger partial charge in [-0.05, 0) is 35.3 Å². The summed E-state index contributed by atoms with van der Waals surface area (Å²) in [6.45, 7) is 4.34. The summed E-state index contributed by atoms with van der Waals surface area (Å²) in [4.78, 5) is 4.64. The molecule has 0 saturated carbocycles. The topological polar surface area (TPSA) is 45.9 Å². The van der Waals surface area contributed by atoms with Gasteiger partial charge < -0.3 is 4.74 Å². The number of methoxy groups -OCH3 is 1. The Morgan fingerprint density at radius 1 is 1.19 bits per heavy atom. The van der Waals surface area contributed by atoms with E-state index in [0.29, 0.717) is 11.5 Å². The molecule has 2 aromatic carbocycles. The summed E-state index contributed by atoms with van der Waals surface area (Å²) in [5.74, 6) is 1.28. The van der Waals surface area contributed by atoms with E-state index < -0.39 is 0 Å². The maximum absolute atomic E-state index is 9.57. The highest BCUT2D eigenvalue weighted by Gasteiger charge is 2.10. The van der Waals surface area contributed by atoms with Crippen LogP contribution in [-0.4, -0.2) is 12.1 Å². The second kappa shape index (κ2) is 7.99. The maximum atomic E-state index is 9.57. The monoisotopic (exact) mass is 360 g/mol. The van der Waals surface area contributed by atoms with Crippen LogP contribution in [0, 0.1) is 11.3 Å². The van der Waals surface area contributed by atoms with Gasteiger partial charge in [0, 0.05) is 10.9 Å². The molecule has 0 atom stereocenters.